The Labute approximate surface area is 338 Å². The molecule has 5 N–H and O–H groups in total. The second kappa shape index (κ2) is 18.2. The normalized spacial score (nSPS) is 23.8. The van der Waals surface area contributed by atoms with Crippen LogP contribution in [0.25, 0.3) is 10.9 Å². The van der Waals surface area contributed by atoms with Crippen LogP contribution in [-0.4, -0.2) is 111 Å². The van der Waals surface area contributed by atoms with Crippen molar-refractivity contribution in [3.05, 3.63) is 64.9 Å². The molecule has 0 saturated carbocycles. The zero-order chi connectivity index (χ0) is 42.0. The van der Waals surface area contributed by atoms with Crippen molar-refractivity contribution < 1.29 is 38.2 Å². The van der Waals surface area contributed by atoms with Gasteiger partial charge in [0.15, 0.2) is 0 Å². The molecular formula is C44H58F2N6O6. The summed E-state index contributed by atoms with van der Waals surface area (Å²) >= 11 is 0. The first-order valence-corrected chi connectivity index (χ1v) is 20.8. The number of amides is 3. The third kappa shape index (κ3) is 8.89. The second-order valence-electron chi connectivity index (χ2n) is 16.5. The number of aliphatic hydroxyl groups is 2. The number of hydrogen-bond acceptors (Lipinski definition) is 8. The van der Waals surface area contributed by atoms with Crippen molar-refractivity contribution in [3.63, 3.8) is 0 Å². The van der Waals surface area contributed by atoms with E-state index in [0.29, 0.717) is 60.1 Å². The Balaban J connectivity index is 1.36. The number of H-pyrrole nitrogens is 1. The molecule has 58 heavy (non-hydrogen) atoms. The molecule has 0 aliphatic carbocycles. The van der Waals surface area contributed by atoms with Gasteiger partial charge in [-0.25, -0.2) is 8.78 Å². The standard InChI is InChI=1S/C44H58F2N6O6/c1-7-23(4)42(56)50-36(9-3)44(58)52-22-31(54)18-29(52)20-35-33-13-11-27(46)16-38(33)49-41(35)40-34(32-12-10-26(45)15-37(32)48-40)19-28-17-30(53)21-51(28)43(57)25(8-2)14-39(55)24(5)47-6/h10-13,15-16,23-25,28-31,34,36,47,49,53-54H,7-9,14,17-22H2,1-6H3,(H,50,56)/t23-,24+,25-,28+,29+,30+,31+,34?,36+/m1/s1. The highest BCUT2D eigenvalue weighted by Crippen LogP contribution is 2.44. The van der Waals surface area contributed by atoms with Gasteiger partial charge in [-0.15, -0.1) is 0 Å². The van der Waals surface area contributed by atoms with Crippen LogP contribution in [0.3, 0.4) is 0 Å². The summed E-state index contributed by atoms with van der Waals surface area (Å²) in [5.74, 6) is -3.00. The topological polar surface area (TPSA) is 167 Å². The summed E-state index contributed by atoms with van der Waals surface area (Å²) in [4.78, 5) is 65.7. The Morgan fingerprint density at radius 1 is 0.897 bits per heavy atom. The Kier molecular flexibility index (Phi) is 13.5. The van der Waals surface area contributed by atoms with Gasteiger partial charge >= 0.3 is 0 Å². The molecule has 4 heterocycles. The van der Waals surface area contributed by atoms with E-state index in [0.717, 1.165) is 11.1 Å². The van der Waals surface area contributed by atoms with Crippen molar-refractivity contribution in [1.29, 1.82) is 0 Å². The van der Waals surface area contributed by atoms with Crippen LogP contribution in [0.15, 0.2) is 41.4 Å². The van der Waals surface area contributed by atoms with Gasteiger partial charge in [-0.05, 0) is 100 Å². The van der Waals surface area contributed by atoms with E-state index < -0.39 is 59.8 Å². The summed E-state index contributed by atoms with van der Waals surface area (Å²) < 4.78 is 29.6. The lowest BCUT2D eigenvalue weighted by atomic mass is 9.85. The molecule has 0 bridgehead atoms. The van der Waals surface area contributed by atoms with Gasteiger partial charge in [0.2, 0.25) is 17.7 Å². The molecule has 9 atom stereocenters. The fraction of sp³-hybridized carbons (Fsp3) is 0.568. The monoisotopic (exact) mass is 804 g/mol. The first-order valence-electron chi connectivity index (χ1n) is 20.8. The number of carbonyl (C=O) groups excluding carboxylic acids is 4. The minimum absolute atomic E-state index is 0.0703. The SMILES string of the molecule is CC[C@H](CC(=O)[C@H](C)NC)C(=O)N1C[C@@H](O)C[C@H]1CC1C(c2[nH]c3cc(F)ccc3c2C[C@@H]2C[C@H](O)CN2C(=O)[C@H](CC)NC(=O)[C@H](C)CC)=Nc2cc(F)ccc21. The van der Waals surface area contributed by atoms with Crippen LogP contribution in [-0.2, 0) is 25.6 Å². The number of β-amino-alcohol motifs (C(OH)–C–C–N with tert-alkyl or cyclic N) is 2. The molecule has 0 spiro atoms. The molecule has 3 amide bonds. The van der Waals surface area contributed by atoms with Crippen molar-refractivity contribution >= 4 is 45.8 Å². The van der Waals surface area contributed by atoms with Crippen molar-refractivity contribution in [2.45, 2.75) is 128 Å². The molecule has 1 unspecified atom stereocenters. The Bertz CT molecular complexity index is 2050. The number of aromatic nitrogens is 1. The molecule has 6 rings (SSSR count). The number of carbonyl (C=O) groups is 4. The van der Waals surface area contributed by atoms with Crippen LogP contribution in [0.4, 0.5) is 14.5 Å². The van der Waals surface area contributed by atoms with E-state index in [1.165, 1.54) is 24.3 Å². The summed E-state index contributed by atoms with van der Waals surface area (Å²) in [5.41, 5.74) is 3.51. The van der Waals surface area contributed by atoms with E-state index in [2.05, 4.69) is 15.6 Å². The second-order valence-corrected chi connectivity index (χ2v) is 16.5. The third-order valence-corrected chi connectivity index (χ3v) is 12.7. The smallest absolute Gasteiger partial charge is 0.245 e. The van der Waals surface area contributed by atoms with E-state index >= 15 is 0 Å². The minimum atomic E-state index is -0.798. The third-order valence-electron chi connectivity index (χ3n) is 12.7. The Morgan fingerprint density at radius 2 is 1.55 bits per heavy atom. The molecule has 14 heteroatoms. The van der Waals surface area contributed by atoms with Gasteiger partial charge in [-0.1, -0.05) is 33.8 Å². The first-order chi connectivity index (χ1) is 27.7. The summed E-state index contributed by atoms with van der Waals surface area (Å²) in [7, 11) is 1.70. The highest BCUT2D eigenvalue weighted by atomic mass is 19.1. The maximum Gasteiger partial charge on any atom is 0.245 e. The molecular weight excluding hydrogens is 747 g/mol. The van der Waals surface area contributed by atoms with Gasteiger partial charge in [0.25, 0.3) is 0 Å². The lowest BCUT2D eigenvalue weighted by Gasteiger charge is -2.31. The zero-order valence-corrected chi connectivity index (χ0v) is 34.4. The van der Waals surface area contributed by atoms with Gasteiger partial charge in [-0.2, -0.15) is 0 Å². The molecule has 3 aliphatic heterocycles. The number of halogens is 2. The molecule has 12 nitrogen and oxygen atoms in total. The van der Waals surface area contributed by atoms with Gasteiger partial charge in [0.05, 0.1) is 35.3 Å². The van der Waals surface area contributed by atoms with E-state index in [9.17, 15) is 38.2 Å². The summed E-state index contributed by atoms with van der Waals surface area (Å²) in [5, 5.41) is 28.5. The number of aliphatic hydroxyl groups excluding tert-OH is 2. The lowest BCUT2D eigenvalue weighted by Crippen LogP contribution is -2.51. The van der Waals surface area contributed by atoms with Gasteiger partial charge in [-0.3, -0.25) is 24.2 Å². The summed E-state index contributed by atoms with van der Waals surface area (Å²) in [6.07, 6.45) is 1.12. The quantitative estimate of drug-likeness (QED) is 0.135. The van der Waals surface area contributed by atoms with Crippen molar-refractivity contribution in [3.8, 4) is 0 Å². The average Bonchev–Trinajstić information content (AvgIpc) is 3.96. The molecule has 314 valence electrons. The molecule has 2 fully saturated rings. The van der Waals surface area contributed by atoms with Crippen LogP contribution in [0.1, 0.15) is 102 Å². The number of hydrogen-bond donors (Lipinski definition) is 5. The van der Waals surface area contributed by atoms with Crippen LogP contribution >= 0.6 is 0 Å². The molecule has 1 aromatic heterocycles. The van der Waals surface area contributed by atoms with E-state index in [4.69, 9.17) is 4.99 Å². The fourth-order valence-corrected chi connectivity index (χ4v) is 8.90. The number of aromatic amines is 1. The number of Topliss-reactive ketones (excluding diaryl/α,β-unsaturated/α-hetero) is 1. The number of rotatable bonds is 16. The maximum atomic E-state index is 14.8. The maximum absolute atomic E-state index is 14.8. The number of nitrogens with one attached hydrogen (secondary N) is 3. The first kappa shape index (κ1) is 43.1. The highest BCUT2D eigenvalue weighted by molar-refractivity contribution is 6.12. The van der Waals surface area contributed by atoms with Gasteiger partial charge in [0, 0.05) is 60.3 Å². The number of benzene rings is 2. The predicted molar refractivity (Wildman–Crippen MR) is 218 cm³/mol. The van der Waals surface area contributed by atoms with E-state index in [1.807, 2.05) is 27.7 Å². The molecule has 2 aromatic carbocycles. The summed E-state index contributed by atoms with van der Waals surface area (Å²) in [6, 6.07) is 6.75. The van der Waals surface area contributed by atoms with Gasteiger partial charge in [0.1, 0.15) is 23.5 Å². The van der Waals surface area contributed by atoms with Crippen LogP contribution < -0.4 is 10.6 Å². The van der Waals surface area contributed by atoms with E-state index in [1.54, 1.807) is 35.9 Å². The zero-order valence-electron chi connectivity index (χ0n) is 34.4. The molecule has 3 aliphatic rings. The van der Waals surface area contributed by atoms with E-state index in [-0.39, 0.29) is 61.8 Å². The lowest BCUT2D eigenvalue weighted by molar-refractivity contribution is -0.139. The van der Waals surface area contributed by atoms with Crippen molar-refractivity contribution in [2.75, 3.05) is 20.1 Å². The van der Waals surface area contributed by atoms with Crippen LogP contribution in [0.5, 0.6) is 0 Å². The Morgan fingerprint density at radius 3 is 2.21 bits per heavy atom. The number of likely N-dealkylation sites (N-methyl/N-ethyl adjacent to an activating group) is 1. The minimum Gasteiger partial charge on any atom is -0.391 e. The number of aliphatic imine (C=N–C) groups is 1. The predicted octanol–water partition coefficient (Wildman–Crippen LogP) is 5.05. The number of ketones is 1. The highest BCUT2D eigenvalue weighted by Gasteiger charge is 2.43. The number of likely N-dealkylation sites (tertiary alicyclic amines) is 2. The fourth-order valence-electron chi connectivity index (χ4n) is 8.90. The average molecular weight is 805 g/mol. The van der Waals surface area contributed by atoms with Crippen LogP contribution in [0, 0.1) is 23.5 Å². The summed E-state index contributed by atoms with van der Waals surface area (Å²) in [6.45, 7) is 9.39. The van der Waals surface area contributed by atoms with Crippen molar-refractivity contribution in [1.82, 2.24) is 25.4 Å². The van der Waals surface area contributed by atoms with Crippen molar-refractivity contribution in [2.24, 2.45) is 16.8 Å². The molecule has 3 aromatic rings. The number of fused-ring (bicyclic) bond motifs is 2. The number of nitrogens with zero attached hydrogens (tertiary/aromatic N) is 3. The van der Waals surface area contributed by atoms with Gasteiger partial charge < -0.3 is 35.6 Å². The molecule has 2 saturated heterocycles. The largest absolute Gasteiger partial charge is 0.391 e. The Hall–Kier alpha value is -4.53. The molecule has 0 radical (unpaired) electrons. The van der Waals surface area contributed by atoms with Crippen LogP contribution in [0.2, 0.25) is 0 Å².